The van der Waals surface area contributed by atoms with Gasteiger partial charge in [0.2, 0.25) is 5.91 Å². The Morgan fingerprint density at radius 2 is 1.56 bits per heavy atom. The van der Waals surface area contributed by atoms with E-state index < -0.39 is 24.1 Å². The molecule has 6 heteroatoms. The largest absolute Gasteiger partial charge is 0.403 e. The lowest BCUT2D eigenvalue weighted by atomic mass is 9.93. The molecular weight excluding hydrogens is 331 g/mol. The second-order valence-corrected chi connectivity index (χ2v) is 6.41. The Labute approximate surface area is 147 Å². The minimum atomic E-state index is -4.81. The van der Waals surface area contributed by atoms with Crippen LogP contribution in [0, 0.1) is 12.8 Å². The van der Waals surface area contributed by atoms with Crippen LogP contribution in [0.1, 0.15) is 56.8 Å². The number of hydrogen-bond acceptors (Lipinski definition) is 2. The van der Waals surface area contributed by atoms with E-state index in [1.807, 2.05) is 13.8 Å². The fourth-order valence-corrected chi connectivity index (χ4v) is 2.64. The van der Waals surface area contributed by atoms with E-state index in [0.717, 1.165) is 18.4 Å². The number of amides is 1. The van der Waals surface area contributed by atoms with Gasteiger partial charge in [0, 0.05) is 13.1 Å². The third-order valence-corrected chi connectivity index (χ3v) is 4.23. The van der Waals surface area contributed by atoms with Crippen molar-refractivity contribution >= 4 is 5.91 Å². The van der Waals surface area contributed by atoms with Crippen molar-refractivity contribution in [1.82, 2.24) is 4.90 Å². The van der Waals surface area contributed by atoms with Gasteiger partial charge in [0.05, 0.1) is 6.10 Å². The highest BCUT2D eigenvalue weighted by Crippen LogP contribution is 2.37. The summed E-state index contributed by atoms with van der Waals surface area (Å²) in [4.78, 5) is 13.9. The highest BCUT2D eigenvalue weighted by atomic mass is 19.4. The van der Waals surface area contributed by atoms with Crippen LogP contribution in [0.25, 0.3) is 0 Å². The molecule has 0 heterocycles. The van der Waals surface area contributed by atoms with Crippen LogP contribution < -0.4 is 0 Å². The summed E-state index contributed by atoms with van der Waals surface area (Å²) in [6.07, 6.45) is -3.86. The predicted molar refractivity (Wildman–Crippen MR) is 92.1 cm³/mol. The van der Waals surface area contributed by atoms with Crippen LogP contribution in [-0.4, -0.2) is 35.2 Å². The molecule has 0 saturated heterocycles. The van der Waals surface area contributed by atoms with Crippen LogP contribution in [0.15, 0.2) is 24.3 Å². The zero-order valence-electron chi connectivity index (χ0n) is 15.1. The predicted octanol–water partition coefficient (Wildman–Crippen LogP) is 4.64. The van der Waals surface area contributed by atoms with Gasteiger partial charge in [0.15, 0.2) is 5.92 Å². The summed E-state index contributed by atoms with van der Waals surface area (Å²) in [7, 11) is 0. The minimum Gasteiger partial charge on any atom is -0.387 e. The Balaban J connectivity index is 3.09. The van der Waals surface area contributed by atoms with Gasteiger partial charge < -0.3 is 10.0 Å². The quantitative estimate of drug-likeness (QED) is 0.698. The number of unbranched alkanes of at least 4 members (excludes halogenated alkanes) is 2. The normalized spacial score (nSPS) is 14.2. The number of carbonyl (C=O) groups is 1. The fourth-order valence-electron chi connectivity index (χ4n) is 2.64. The number of aryl methyl sites for hydroxylation is 1. The molecule has 142 valence electrons. The Bertz CT molecular complexity index is 520. The van der Waals surface area contributed by atoms with Gasteiger partial charge in [0.1, 0.15) is 0 Å². The van der Waals surface area contributed by atoms with Crippen LogP contribution >= 0.6 is 0 Å². The highest BCUT2D eigenvalue weighted by Gasteiger charge is 2.51. The molecule has 0 aliphatic carbocycles. The molecule has 3 nitrogen and oxygen atoms in total. The molecule has 0 fully saturated rings. The van der Waals surface area contributed by atoms with E-state index >= 15 is 0 Å². The number of rotatable bonds is 9. The Hall–Kier alpha value is -1.56. The van der Waals surface area contributed by atoms with E-state index in [0.29, 0.717) is 12.8 Å². The van der Waals surface area contributed by atoms with Crippen molar-refractivity contribution in [3.63, 3.8) is 0 Å². The summed E-state index contributed by atoms with van der Waals surface area (Å²) in [6, 6.07) is 6.13. The second-order valence-electron chi connectivity index (χ2n) is 6.41. The topological polar surface area (TPSA) is 40.5 Å². The number of aliphatic hydroxyl groups is 1. The van der Waals surface area contributed by atoms with Gasteiger partial charge in [-0.05, 0) is 25.3 Å². The van der Waals surface area contributed by atoms with Gasteiger partial charge in [0.25, 0.3) is 0 Å². The zero-order chi connectivity index (χ0) is 19.0. The van der Waals surface area contributed by atoms with Gasteiger partial charge >= 0.3 is 6.18 Å². The van der Waals surface area contributed by atoms with E-state index in [1.54, 1.807) is 19.1 Å². The first-order chi connectivity index (χ1) is 11.7. The monoisotopic (exact) mass is 359 g/mol. The summed E-state index contributed by atoms with van der Waals surface area (Å²) in [5.74, 6) is -3.48. The number of benzene rings is 1. The summed E-state index contributed by atoms with van der Waals surface area (Å²) in [6.45, 7) is 6.21. The molecule has 1 rings (SSSR count). The average Bonchev–Trinajstić information content (AvgIpc) is 2.54. The Morgan fingerprint density at radius 3 is 1.96 bits per heavy atom. The van der Waals surface area contributed by atoms with Crippen molar-refractivity contribution in [3.05, 3.63) is 35.4 Å². The molecule has 0 radical (unpaired) electrons. The molecule has 1 amide bonds. The van der Waals surface area contributed by atoms with Gasteiger partial charge in [-0.1, -0.05) is 56.5 Å². The van der Waals surface area contributed by atoms with E-state index in [4.69, 9.17) is 0 Å². The number of halogens is 3. The molecule has 0 spiro atoms. The molecular formula is C19H28F3NO2. The molecule has 1 aromatic carbocycles. The Morgan fingerprint density at radius 1 is 1.08 bits per heavy atom. The molecule has 0 bridgehead atoms. The van der Waals surface area contributed by atoms with Crippen molar-refractivity contribution in [2.45, 2.75) is 58.7 Å². The molecule has 0 aliphatic rings. The highest BCUT2D eigenvalue weighted by molar-refractivity contribution is 5.80. The molecule has 0 aliphatic heterocycles. The molecule has 1 N–H and O–H groups in total. The van der Waals surface area contributed by atoms with E-state index in [2.05, 4.69) is 0 Å². The van der Waals surface area contributed by atoms with Gasteiger partial charge in [-0.25, -0.2) is 0 Å². The summed E-state index contributed by atoms with van der Waals surface area (Å²) < 4.78 is 40.7. The summed E-state index contributed by atoms with van der Waals surface area (Å²) in [5, 5.41) is 10.3. The Kier molecular flexibility index (Phi) is 8.42. The van der Waals surface area contributed by atoms with Crippen molar-refractivity contribution in [3.8, 4) is 0 Å². The van der Waals surface area contributed by atoms with Crippen LogP contribution in [0.5, 0.6) is 0 Å². The maximum Gasteiger partial charge on any atom is 0.403 e. The lowest BCUT2D eigenvalue weighted by molar-refractivity contribution is -0.208. The smallest absolute Gasteiger partial charge is 0.387 e. The lowest BCUT2D eigenvalue weighted by Crippen LogP contribution is -2.46. The van der Waals surface area contributed by atoms with Crippen molar-refractivity contribution in [1.29, 1.82) is 0 Å². The number of alkyl halides is 3. The van der Waals surface area contributed by atoms with E-state index in [1.165, 1.54) is 17.0 Å². The zero-order valence-corrected chi connectivity index (χ0v) is 15.1. The van der Waals surface area contributed by atoms with Crippen LogP contribution in [0.3, 0.4) is 0 Å². The van der Waals surface area contributed by atoms with Crippen molar-refractivity contribution in [2.75, 3.05) is 13.1 Å². The number of aliphatic hydroxyl groups excluding tert-OH is 1. The maximum absolute atomic E-state index is 13.6. The first kappa shape index (κ1) is 21.5. The van der Waals surface area contributed by atoms with Crippen molar-refractivity contribution in [2.24, 2.45) is 5.92 Å². The van der Waals surface area contributed by atoms with Gasteiger partial charge in [-0.2, -0.15) is 13.2 Å². The van der Waals surface area contributed by atoms with Crippen LogP contribution in [0.2, 0.25) is 0 Å². The number of carbonyl (C=O) groups excluding carboxylic acids is 1. The first-order valence-corrected chi connectivity index (χ1v) is 8.82. The average molecular weight is 359 g/mol. The molecule has 0 unspecified atom stereocenters. The molecule has 0 saturated carbocycles. The number of hydrogen-bond donors (Lipinski definition) is 1. The molecule has 25 heavy (non-hydrogen) atoms. The maximum atomic E-state index is 13.6. The second kappa shape index (κ2) is 9.80. The SMILES string of the molecule is CCCCN(CCCC)C(=O)[C@H]([C@@H](O)c1ccc(C)cc1)C(F)(F)F. The van der Waals surface area contributed by atoms with E-state index in [9.17, 15) is 23.1 Å². The van der Waals surface area contributed by atoms with Crippen LogP contribution in [0.4, 0.5) is 13.2 Å². The number of nitrogens with zero attached hydrogens (tertiary/aromatic N) is 1. The van der Waals surface area contributed by atoms with Crippen molar-refractivity contribution < 1.29 is 23.1 Å². The third-order valence-electron chi connectivity index (χ3n) is 4.23. The molecule has 0 aromatic heterocycles. The van der Waals surface area contributed by atoms with E-state index in [-0.39, 0.29) is 18.7 Å². The van der Waals surface area contributed by atoms with Gasteiger partial charge in [-0.3, -0.25) is 4.79 Å². The molecule has 2 atom stereocenters. The minimum absolute atomic E-state index is 0.104. The summed E-state index contributed by atoms with van der Waals surface area (Å²) in [5.41, 5.74) is 0.977. The third kappa shape index (κ3) is 6.34. The molecule has 1 aromatic rings. The summed E-state index contributed by atoms with van der Waals surface area (Å²) >= 11 is 0. The fraction of sp³-hybridized carbons (Fsp3) is 0.632. The van der Waals surface area contributed by atoms with Gasteiger partial charge in [-0.15, -0.1) is 0 Å². The van der Waals surface area contributed by atoms with Crippen LogP contribution in [-0.2, 0) is 4.79 Å². The standard InChI is InChI=1S/C19H28F3NO2/c1-4-6-12-23(13-7-5-2)18(25)16(19(20,21)22)17(24)15-10-8-14(3)9-11-15/h8-11,16-17,24H,4-7,12-13H2,1-3H3/t16-,17-/m0/s1. The lowest BCUT2D eigenvalue weighted by Gasteiger charge is -2.31. The first-order valence-electron chi connectivity index (χ1n) is 8.82.